The molecule has 9 nitrogen and oxygen atoms in total. The Bertz CT molecular complexity index is 1140. The highest BCUT2D eigenvalue weighted by Gasteiger charge is 2.22. The minimum absolute atomic E-state index is 0.0347. The number of anilines is 1. The average Bonchev–Trinajstić information content (AvgIpc) is 2.78. The maximum Gasteiger partial charge on any atom is 0.335 e. The lowest BCUT2D eigenvalue weighted by Crippen LogP contribution is -2.03. The first kappa shape index (κ1) is 22.3. The molecule has 0 fully saturated rings. The van der Waals surface area contributed by atoms with E-state index in [1.165, 1.54) is 31.5 Å². The van der Waals surface area contributed by atoms with Gasteiger partial charge in [0.05, 0.1) is 29.5 Å². The van der Waals surface area contributed by atoms with Crippen LogP contribution in [-0.4, -0.2) is 29.3 Å². The zero-order valence-electron chi connectivity index (χ0n) is 17.4. The fourth-order valence-corrected chi connectivity index (χ4v) is 2.82. The molecule has 9 heteroatoms. The Hall–Kier alpha value is -4.40. The first-order valence-corrected chi connectivity index (χ1v) is 9.54. The summed E-state index contributed by atoms with van der Waals surface area (Å²) in [6, 6.07) is 16.6. The van der Waals surface area contributed by atoms with Gasteiger partial charge in [0.25, 0.3) is 0 Å². The van der Waals surface area contributed by atoms with E-state index >= 15 is 0 Å². The number of carbonyl (C=O) groups is 1. The monoisotopic (exact) mass is 435 g/mol. The minimum Gasteiger partial charge on any atom is -0.493 e. The van der Waals surface area contributed by atoms with Crippen LogP contribution in [0.3, 0.4) is 0 Å². The van der Waals surface area contributed by atoms with Crippen LogP contribution in [0.5, 0.6) is 11.5 Å². The number of nitro benzene ring substituents is 1. The number of benzene rings is 3. The fraction of sp³-hybridized carbons (Fsp3) is 0.130. The summed E-state index contributed by atoms with van der Waals surface area (Å²) in [5.74, 6) is -0.782. The predicted octanol–water partition coefficient (Wildman–Crippen LogP) is 4.64. The smallest absolute Gasteiger partial charge is 0.335 e. The van der Waals surface area contributed by atoms with Gasteiger partial charge in [-0.05, 0) is 42.8 Å². The van der Waals surface area contributed by atoms with E-state index in [1.54, 1.807) is 18.2 Å². The average molecular weight is 435 g/mol. The number of hydrazone groups is 1. The summed E-state index contributed by atoms with van der Waals surface area (Å²) in [5, 5.41) is 24.6. The largest absolute Gasteiger partial charge is 0.493 e. The van der Waals surface area contributed by atoms with E-state index in [4.69, 9.17) is 14.6 Å². The lowest BCUT2D eigenvalue weighted by molar-refractivity contribution is -0.386. The van der Waals surface area contributed by atoms with Crippen molar-refractivity contribution >= 4 is 23.6 Å². The number of hydrogen-bond acceptors (Lipinski definition) is 7. The van der Waals surface area contributed by atoms with Gasteiger partial charge in [-0.25, -0.2) is 4.79 Å². The summed E-state index contributed by atoms with van der Waals surface area (Å²) in [6.45, 7) is 2.12. The number of methoxy groups -OCH3 is 1. The molecule has 0 aromatic heterocycles. The van der Waals surface area contributed by atoms with Crippen LogP contribution < -0.4 is 14.9 Å². The molecule has 164 valence electrons. The van der Waals surface area contributed by atoms with Crippen molar-refractivity contribution in [3.8, 4) is 11.5 Å². The van der Waals surface area contributed by atoms with Gasteiger partial charge in [0.15, 0.2) is 5.75 Å². The van der Waals surface area contributed by atoms with Crippen LogP contribution >= 0.6 is 0 Å². The third kappa shape index (κ3) is 5.60. The first-order valence-electron chi connectivity index (χ1n) is 9.54. The number of aromatic carboxylic acids is 1. The first-order chi connectivity index (χ1) is 15.4. The minimum atomic E-state index is -1.02. The van der Waals surface area contributed by atoms with E-state index < -0.39 is 10.9 Å². The molecule has 0 aliphatic rings. The Morgan fingerprint density at radius 3 is 2.44 bits per heavy atom. The Kier molecular flexibility index (Phi) is 7.02. The molecule has 3 aromatic carbocycles. The molecular weight excluding hydrogens is 414 g/mol. The molecule has 0 amide bonds. The van der Waals surface area contributed by atoms with Gasteiger partial charge >= 0.3 is 11.7 Å². The molecule has 0 radical (unpaired) electrons. The second kappa shape index (κ2) is 10.1. The molecule has 3 aromatic rings. The summed E-state index contributed by atoms with van der Waals surface area (Å²) in [5.41, 5.74) is 5.61. The van der Waals surface area contributed by atoms with Crippen LogP contribution in [0.25, 0.3) is 0 Å². The Morgan fingerprint density at radius 2 is 1.84 bits per heavy atom. The SMILES string of the molecule is COc1cc(C=NNc2ccc(C(=O)O)cc2)cc([N+](=O)[O-])c1OCc1ccc(C)cc1. The molecule has 0 bridgehead atoms. The standard InChI is InChI=1S/C23H21N3O6/c1-15-3-5-16(6-4-15)14-32-22-20(26(29)30)11-17(12-21(22)31-2)13-24-25-19-9-7-18(8-10-19)23(27)28/h3-13,25H,14H2,1-2H3,(H,27,28). The highest BCUT2D eigenvalue weighted by Crippen LogP contribution is 2.38. The van der Waals surface area contributed by atoms with Gasteiger partial charge in [-0.15, -0.1) is 0 Å². The second-order valence-electron chi connectivity index (χ2n) is 6.86. The third-order valence-electron chi connectivity index (χ3n) is 4.52. The normalized spacial score (nSPS) is 10.7. The zero-order chi connectivity index (χ0) is 23.1. The number of aryl methyl sites for hydroxylation is 1. The van der Waals surface area contributed by atoms with Gasteiger partial charge < -0.3 is 14.6 Å². The fourth-order valence-electron chi connectivity index (χ4n) is 2.82. The van der Waals surface area contributed by atoms with Gasteiger partial charge in [-0.1, -0.05) is 29.8 Å². The summed E-state index contributed by atoms with van der Waals surface area (Å²) in [4.78, 5) is 22.0. The van der Waals surface area contributed by atoms with Gasteiger partial charge in [-0.3, -0.25) is 15.5 Å². The topological polar surface area (TPSA) is 123 Å². The van der Waals surface area contributed by atoms with E-state index in [2.05, 4.69) is 10.5 Å². The predicted molar refractivity (Wildman–Crippen MR) is 120 cm³/mol. The van der Waals surface area contributed by atoms with Gasteiger partial charge in [0.2, 0.25) is 5.75 Å². The number of ether oxygens (including phenoxy) is 2. The van der Waals surface area contributed by atoms with E-state index in [0.717, 1.165) is 11.1 Å². The number of rotatable bonds is 9. The van der Waals surface area contributed by atoms with Crippen molar-refractivity contribution in [1.29, 1.82) is 0 Å². The third-order valence-corrected chi connectivity index (χ3v) is 4.52. The molecule has 0 saturated carbocycles. The van der Waals surface area contributed by atoms with Crippen molar-refractivity contribution < 1.29 is 24.3 Å². The van der Waals surface area contributed by atoms with Gasteiger partial charge in [0, 0.05) is 11.6 Å². The molecule has 0 aliphatic heterocycles. The van der Waals surface area contributed by atoms with E-state index in [-0.39, 0.29) is 29.4 Å². The molecule has 0 aliphatic carbocycles. The van der Waals surface area contributed by atoms with Crippen molar-refractivity contribution in [3.05, 3.63) is 93.0 Å². The molecule has 0 atom stereocenters. The Morgan fingerprint density at radius 1 is 1.16 bits per heavy atom. The van der Waals surface area contributed by atoms with Crippen molar-refractivity contribution in [2.45, 2.75) is 13.5 Å². The zero-order valence-corrected chi connectivity index (χ0v) is 17.4. The van der Waals surface area contributed by atoms with Crippen LogP contribution in [0, 0.1) is 17.0 Å². The number of nitrogens with one attached hydrogen (secondary N) is 1. The summed E-state index contributed by atoms with van der Waals surface area (Å²) in [7, 11) is 1.40. The molecule has 32 heavy (non-hydrogen) atoms. The summed E-state index contributed by atoms with van der Waals surface area (Å²) >= 11 is 0. The van der Waals surface area contributed by atoms with Crippen molar-refractivity contribution in [2.24, 2.45) is 5.10 Å². The number of nitrogens with zero attached hydrogens (tertiary/aromatic N) is 2. The van der Waals surface area contributed by atoms with Gasteiger partial charge in [-0.2, -0.15) is 5.10 Å². The molecule has 0 spiro atoms. The quantitative estimate of drug-likeness (QED) is 0.285. The summed E-state index contributed by atoms with van der Waals surface area (Å²) in [6.07, 6.45) is 1.39. The van der Waals surface area contributed by atoms with Gasteiger partial charge in [0.1, 0.15) is 6.61 Å². The molecule has 0 unspecified atom stereocenters. The molecular formula is C23H21N3O6. The van der Waals surface area contributed by atoms with E-state index in [0.29, 0.717) is 11.3 Å². The van der Waals surface area contributed by atoms with Crippen LogP contribution in [-0.2, 0) is 6.61 Å². The second-order valence-corrected chi connectivity index (χ2v) is 6.86. The van der Waals surface area contributed by atoms with Crippen molar-refractivity contribution in [2.75, 3.05) is 12.5 Å². The molecule has 0 saturated heterocycles. The number of carboxylic acids is 1. The number of nitro groups is 1. The van der Waals surface area contributed by atoms with Crippen LogP contribution in [0.15, 0.2) is 65.8 Å². The van der Waals surface area contributed by atoms with E-state index in [9.17, 15) is 14.9 Å². The lowest BCUT2D eigenvalue weighted by Gasteiger charge is -2.12. The Labute approximate surface area is 184 Å². The van der Waals surface area contributed by atoms with E-state index in [1.807, 2.05) is 31.2 Å². The maximum atomic E-state index is 11.6. The maximum absolute atomic E-state index is 11.6. The molecule has 3 rings (SSSR count). The molecule has 2 N–H and O–H groups in total. The molecule has 0 heterocycles. The van der Waals surface area contributed by atoms with Crippen molar-refractivity contribution in [1.82, 2.24) is 0 Å². The summed E-state index contributed by atoms with van der Waals surface area (Å²) < 4.78 is 11.0. The van der Waals surface area contributed by atoms with Crippen molar-refractivity contribution in [3.63, 3.8) is 0 Å². The lowest BCUT2D eigenvalue weighted by atomic mass is 10.1. The number of hydrogen-bond donors (Lipinski definition) is 2. The highest BCUT2D eigenvalue weighted by atomic mass is 16.6. The van der Waals surface area contributed by atoms with Crippen LogP contribution in [0.1, 0.15) is 27.0 Å². The Balaban J connectivity index is 1.79. The van der Waals surface area contributed by atoms with Crippen LogP contribution in [0.2, 0.25) is 0 Å². The number of carboxylic acid groups (broad SMARTS) is 1. The van der Waals surface area contributed by atoms with Crippen LogP contribution in [0.4, 0.5) is 11.4 Å². The highest BCUT2D eigenvalue weighted by molar-refractivity contribution is 5.88.